The Kier molecular flexibility index (Phi) is 415. The van der Waals surface area contributed by atoms with Crippen LogP contribution >= 0.6 is 0 Å². The standard InChI is InChI=1S/4ClH.Na.U/h4*1H;;/q;;;;+1;/p-4. The molecule has 0 unspecified atom stereocenters. The van der Waals surface area contributed by atoms with Crippen molar-refractivity contribution in [2.45, 2.75) is 0 Å². The van der Waals surface area contributed by atoms with Crippen molar-refractivity contribution in [2.75, 3.05) is 0 Å². The van der Waals surface area contributed by atoms with Gasteiger partial charge in [-0.2, -0.15) is 0 Å². The van der Waals surface area contributed by atoms with Gasteiger partial charge in [-0.15, -0.1) is 0 Å². The zero-order valence-electron chi connectivity index (χ0n) is 3.01. The largest absolute Gasteiger partial charge is 1.00 e. The Bertz CT molecular complexity index is 7.51. The Morgan fingerprint density at radius 2 is 0.500 bits per heavy atom. The predicted octanol–water partition coefficient (Wildman–Crippen LogP) is -15.0. The second-order valence-corrected chi connectivity index (χ2v) is 0. The summed E-state index contributed by atoms with van der Waals surface area (Å²) < 4.78 is 0. The molecule has 0 aliphatic carbocycles. The minimum atomic E-state index is 0. The summed E-state index contributed by atoms with van der Waals surface area (Å²) in [4.78, 5) is 0. The van der Waals surface area contributed by atoms with Gasteiger partial charge in [0.25, 0.3) is 0 Å². The summed E-state index contributed by atoms with van der Waals surface area (Å²) in [6.07, 6.45) is 0. The summed E-state index contributed by atoms with van der Waals surface area (Å²) in [6, 6.07) is 0. The van der Waals surface area contributed by atoms with Crippen LogP contribution in [0.1, 0.15) is 0 Å². The fourth-order valence-corrected chi connectivity index (χ4v) is 0. The van der Waals surface area contributed by atoms with Crippen LogP contribution in [0, 0.1) is 31.1 Å². The molecule has 6 heavy (non-hydrogen) atoms. The van der Waals surface area contributed by atoms with Gasteiger partial charge < -0.3 is 49.6 Å². The minimum absolute atomic E-state index is 0. The molecule has 0 rings (SSSR count). The van der Waals surface area contributed by atoms with E-state index in [9.17, 15) is 0 Å². The van der Waals surface area contributed by atoms with Gasteiger partial charge in [0.1, 0.15) is 0 Å². The molecule has 0 N–H and O–H groups in total. The molecule has 0 fully saturated rings. The molecular weight excluding hydrogens is 403 g/mol. The molecule has 0 saturated heterocycles. The van der Waals surface area contributed by atoms with E-state index in [4.69, 9.17) is 0 Å². The van der Waals surface area contributed by atoms with Crippen molar-refractivity contribution in [3.8, 4) is 0 Å². The summed E-state index contributed by atoms with van der Waals surface area (Å²) in [5, 5.41) is 0. The van der Waals surface area contributed by atoms with Gasteiger partial charge >= 0.3 is 29.6 Å². The van der Waals surface area contributed by atoms with E-state index in [0.29, 0.717) is 0 Å². The van der Waals surface area contributed by atoms with Crippen LogP contribution in [0.25, 0.3) is 0 Å². The van der Waals surface area contributed by atoms with E-state index < -0.39 is 0 Å². The van der Waals surface area contributed by atoms with E-state index in [1.165, 1.54) is 0 Å². The average molecular weight is 403 g/mol. The third-order valence-electron chi connectivity index (χ3n) is 0. The molecule has 0 nitrogen and oxygen atoms in total. The first-order chi connectivity index (χ1) is 0. The van der Waals surface area contributed by atoms with Gasteiger partial charge in [0.05, 0.1) is 0 Å². The summed E-state index contributed by atoms with van der Waals surface area (Å²) in [5.74, 6) is 0. The van der Waals surface area contributed by atoms with Crippen molar-refractivity contribution in [1.82, 2.24) is 0 Å². The summed E-state index contributed by atoms with van der Waals surface area (Å²) in [6.45, 7) is 0. The second kappa shape index (κ2) is 41.4. The minimum Gasteiger partial charge on any atom is -1.00 e. The van der Waals surface area contributed by atoms with Gasteiger partial charge in [-0.1, -0.05) is 0 Å². The molecule has 0 aromatic carbocycles. The third kappa shape index (κ3) is 27.0. The van der Waals surface area contributed by atoms with Crippen molar-refractivity contribution in [2.24, 2.45) is 0 Å². The molecule has 0 aromatic rings. The zero-order valence-corrected chi connectivity index (χ0v) is 12.2. The number of hydrogen-bond acceptors (Lipinski definition) is 0. The summed E-state index contributed by atoms with van der Waals surface area (Å²) in [5.41, 5.74) is 0. The molecule has 0 aliphatic rings. The molecule has 0 heterocycles. The van der Waals surface area contributed by atoms with E-state index in [-0.39, 0.29) is 110 Å². The zero-order chi connectivity index (χ0) is 0. The average Bonchev–Trinajstić information content (AvgIpc) is 0. The molecule has 0 spiro atoms. The maximum atomic E-state index is 0. The van der Waals surface area contributed by atoms with Crippen LogP contribution in [0.4, 0.5) is 0 Å². The summed E-state index contributed by atoms with van der Waals surface area (Å²) >= 11 is 0. The topological polar surface area (TPSA) is 0 Å². The Hall–Kier alpha value is 3.21. The Labute approximate surface area is 108 Å². The van der Waals surface area contributed by atoms with Crippen LogP contribution in [0.5, 0.6) is 0 Å². The van der Waals surface area contributed by atoms with E-state index in [0.717, 1.165) is 0 Å². The van der Waals surface area contributed by atoms with E-state index >= 15 is 0 Å². The molecule has 0 saturated carbocycles. The third-order valence-corrected chi connectivity index (χ3v) is 0. The van der Waals surface area contributed by atoms with E-state index in [1.807, 2.05) is 0 Å². The number of halogens is 4. The van der Waals surface area contributed by atoms with Crippen LogP contribution in [0.3, 0.4) is 0 Å². The van der Waals surface area contributed by atoms with Crippen LogP contribution < -0.4 is 79.2 Å². The van der Waals surface area contributed by atoms with Crippen LogP contribution in [-0.4, -0.2) is 0 Å². The molecular formula is Cl4NaU-3. The van der Waals surface area contributed by atoms with Gasteiger partial charge in [-0.25, -0.2) is 0 Å². The van der Waals surface area contributed by atoms with Crippen molar-refractivity contribution < 1.29 is 110 Å². The van der Waals surface area contributed by atoms with Crippen molar-refractivity contribution in [1.29, 1.82) is 0 Å². The predicted molar refractivity (Wildman–Crippen MR) is 0 cm³/mol. The fraction of sp³-hybridized carbons (Fsp3) is 0. The number of rotatable bonds is 0. The Morgan fingerprint density at radius 3 is 0.500 bits per heavy atom. The van der Waals surface area contributed by atoms with Gasteiger partial charge in [0.2, 0.25) is 0 Å². The molecule has 6 heteroatoms. The monoisotopic (exact) mass is 401 g/mol. The molecule has 0 atom stereocenters. The van der Waals surface area contributed by atoms with Gasteiger partial charge in [0.15, 0.2) is 0 Å². The molecule has 0 aromatic heterocycles. The molecule has 36 valence electrons. The Morgan fingerprint density at radius 1 is 0.500 bits per heavy atom. The van der Waals surface area contributed by atoms with Crippen molar-refractivity contribution >= 4 is 0 Å². The molecule has 0 radical (unpaired) electrons. The molecule has 0 amide bonds. The fourth-order valence-electron chi connectivity index (χ4n) is 0. The summed E-state index contributed by atoms with van der Waals surface area (Å²) in [7, 11) is 0. The smallest absolute Gasteiger partial charge is 1.00 e. The quantitative estimate of drug-likeness (QED) is 0.353. The van der Waals surface area contributed by atoms with Gasteiger partial charge in [-0.3, -0.25) is 0 Å². The van der Waals surface area contributed by atoms with Crippen LogP contribution in [0.2, 0.25) is 0 Å². The van der Waals surface area contributed by atoms with E-state index in [2.05, 4.69) is 0 Å². The maximum absolute atomic E-state index is 0. The first-order valence-corrected chi connectivity index (χ1v) is 0. The molecule has 0 bridgehead atoms. The van der Waals surface area contributed by atoms with Crippen LogP contribution in [-0.2, 0) is 0 Å². The van der Waals surface area contributed by atoms with Crippen molar-refractivity contribution in [3.63, 3.8) is 0 Å². The van der Waals surface area contributed by atoms with E-state index in [1.54, 1.807) is 0 Å². The normalized spacial score (nSPS) is 0. The number of hydrogen-bond donors (Lipinski definition) is 0. The first-order valence-electron chi connectivity index (χ1n) is 0. The maximum Gasteiger partial charge on any atom is 1.00 e. The van der Waals surface area contributed by atoms with Crippen molar-refractivity contribution in [3.05, 3.63) is 0 Å². The Balaban J connectivity index is 0. The molecule has 0 aliphatic heterocycles. The first kappa shape index (κ1) is 60.2. The second-order valence-electron chi connectivity index (χ2n) is 0. The SMILES string of the molecule is [Cl-].[Cl-].[Cl-].[Cl-].[Na+].[U]. The van der Waals surface area contributed by atoms with Gasteiger partial charge in [-0.05, 0) is 0 Å². The van der Waals surface area contributed by atoms with Gasteiger partial charge in [0, 0.05) is 31.1 Å². The van der Waals surface area contributed by atoms with Crippen LogP contribution in [0.15, 0.2) is 0 Å².